The van der Waals surface area contributed by atoms with Gasteiger partial charge in [-0.05, 0) is 37.7 Å². The Bertz CT molecular complexity index is 577. The van der Waals surface area contributed by atoms with E-state index in [1.54, 1.807) is 0 Å². The summed E-state index contributed by atoms with van der Waals surface area (Å²) in [6.45, 7) is 3.90. The molecule has 0 saturated heterocycles. The Hall–Kier alpha value is -1.83. The summed E-state index contributed by atoms with van der Waals surface area (Å²) in [6, 6.07) is 10.1. The molecule has 1 N–H and O–H groups in total. The minimum Gasteiger partial charge on any atom is -0.346 e. The van der Waals surface area contributed by atoms with Crippen LogP contribution in [-0.4, -0.2) is 43.2 Å². The fourth-order valence-electron chi connectivity index (χ4n) is 2.08. The second-order valence-corrected chi connectivity index (χ2v) is 4.95. The Morgan fingerprint density at radius 2 is 2.11 bits per heavy atom. The van der Waals surface area contributed by atoms with Crippen molar-refractivity contribution in [1.82, 2.24) is 14.8 Å². The van der Waals surface area contributed by atoms with Crippen LogP contribution >= 0.6 is 0 Å². The molecule has 0 saturated carbocycles. The average molecular weight is 256 g/mol. The number of aromatic nitrogens is 1. The van der Waals surface area contributed by atoms with Crippen LogP contribution in [0.25, 0.3) is 10.9 Å². The van der Waals surface area contributed by atoms with Crippen LogP contribution in [0, 0.1) is 11.3 Å². The first-order valence-corrected chi connectivity index (χ1v) is 6.55. The van der Waals surface area contributed by atoms with Gasteiger partial charge in [0.1, 0.15) is 0 Å². The largest absolute Gasteiger partial charge is 0.346 e. The van der Waals surface area contributed by atoms with Gasteiger partial charge in [-0.1, -0.05) is 6.07 Å². The standard InChI is InChI=1S/C15H20N4/c1-18(2)9-6-17-7-10-19-8-5-14-4-3-13(12-16)11-15(14)19/h3-5,8,11,17H,6-7,9-10H2,1-2H3. The molecule has 19 heavy (non-hydrogen) atoms. The lowest BCUT2D eigenvalue weighted by Gasteiger charge is -2.11. The Labute approximate surface area is 114 Å². The summed E-state index contributed by atoms with van der Waals surface area (Å²) < 4.78 is 2.19. The van der Waals surface area contributed by atoms with E-state index < -0.39 is 0 Å². The van der Waals surface area contributed by atoms with Crippen molar-refractivity contribution in [3.8, 4) is 6.07 Å². The van der Waals surface area contributed by atoms with E-state index in [-0.39, 0.29) is 0 Å². The highest BCUT2D eigenvalue weighted by Gasteiger charge is 2.02. The summed E-state index contributed by atoms with van der Waals surface area (Å²) in [5.41, 5.74) is 1.85. The van der Waals surface area contributed by atoms with Crippen LogP contribution in [0.2, 0.25) is 0 Å². The molecule has 1 aromatic carbocycles. The topological polar surface area (TPSA) is 44.0 Å². The van der Waals surface area contributed by atoms with E-state index in [0.29, 0.717) is 5.56 Å². The minimum absolute atomic E-state index is 0.716. The van der Waals surface area contributed by atoms with Crippen LogP contribution in [0.5, 0.6) is 0 Å². The van der Waals surface area contributed by atoms with E-state index in [1.807, 2.05) is 18.2 Å². The molecule has 0 amide bonds. The van der Waals surface area contributed by atoms with E-state index in [1.165, 1.54) is 5.39 Å². The first-order chi connectivity index (χ1) is 9.20. The van der Waals surface area contributed by atoms with Gasteiger partial charge in [0.2, 0.25) is 0 Å². The Kier molecular flexibility index (Phi) is 4.56. The van der Waals surface area contributed by atoms with Gasteiger partial charge in [-0.3, -0.25) is 0 Å². The first-order valence-electron chi connectivity index (χ1n) is 6.55. The molecule has 2 rings (SSSR count). The smallest absolute Gasteiger partial charge is 0.0992 e. The van der Waals surface area contributed by atoms with Crippen LogP contribution in [-0.2, 0) is 6.54 Å². The molecule has 0 fully saturated rings. The molecule has 1 aromatic heterocycles. The molecule has 4 heteroatoms. The lowest BCUT2D eigenvalue weighted by atomic mass is 10.2. The maximum atomic E-state index is 8.95. The van der Waals surface area contributed by atoms with Crippen LogP contribution in [0.1, 0.15) is 5.56 Å². The molecule has 0 spiro atoms. The lowest BCUT2D eigenvalue weighted by Crippen LogP contribution is -2.28. The summed E-state index contributed by atoms with van der Waals surface area (Å²) in [5, 5.41) is 13.6. The van der Waals surface area contributed by atoms with Crippen molar-refractivity contribution in [3.63, 3.8) is 0 Å². The molecule has 0 bridgehead atoms. The molecule has 4 nitrogen and oxygen atoms in total. The normalized spacial score (nSPS) is 11.1. The SMILES string of the molecule is CN(C)CCNCCn1ccc2ccc(C#N)cc21. The highest BCUT2D eigenvalue weighted by molar-refractivity contribution is 5.81. The number of nitrogens with zero attached hydrogens (tertiary/aromatic N) is 3. The third-order valence-corrected chi connectivity index (χ3v) is 3.17. The second-order valence-electron chi connectivity index (χ2n) is 4.95. The fraction of sp³-hybridized carbons (Fsp3) is 0.400. The van der Waals surface area contributed by atoms with Crippen LogP contribution in [0.15, 0.2) is 30.5 Å². The van der Waals surface area contributed by atoms with Crippen LogP contribution in [0.4, 0.5) is 0 Å². The van der Waals surface area contributed by atoms with Gasteiger partial charge >= 0.3 is 0 Å². The molecule has 0 unspecified atom stereocenters. The van der Waals surface area contributed by atoms with Gasteiger partial charge in [-0.25, -0.2) is 0 Å². The fourth-order valence-corrected chi connectivity index (χ4v) is 2.08. The Morgan fingerprint density at radius 1 is 1.26 bits per heavy atom. The monoisotopic (exact) mass is 256 g/mol. The van der Waals surface area contributed by atoms with Crippen molar-refractivity contribution < 1.29 is 0 Å². The van der Waals surface area contributed by atoms with Gasteiger partial charge in [0.15, 0.2) is 0 Å². The van der Waals surface area contributed by atoms with Crippen molar-refractivity contribution in [2.45, 2.75) is 6.54 Å². The van der Waals surface area contributed by atoms with Gasteiger partial charge in [0, 0.05) is 37.9 Å². The van der Waals surface area contributed by atoms with Gasteiger partial charge in [-0.2, -0.15) is 5.26 Å². The molecule has 0 aliphatic heterocycles. The van der Waals surface area contributed by atoms with Gasteiger partial charge in [-0.15, -0.1) is 0 Å². The summed E-state index contributed by atoms with van der Waals surface area (Å²) in [7, 11) is 4.15. The van der Waals surface area contributed by atoms with Gasteiger partial charge in [0.05, 0.1) is 11.6 Å². The number of fused-ring (bicyclic) bond motifs is 1. The molecule has 100 valence electrons. The number of likely N-dealkylation sites (N-methyl/N-ethyl adjacent to an activating group) is 1. The van der Waals surface area contributed by atoms with Gasteiger partial charge < -0.3 is 14.8 Å². The molecular weight excluding hydrogens is 236 g/mol. The number of rotatable bonds is 6. The van der Waals surface area contributed by atoms with Crippen molar-refractivity contribution in [2.75, 3.05) is 33.7 Å². The predicted molar refractivity (Wildman–Crippen MR) is 78.1 cm³/mol. The van der Waals surface area contributed by atoms with Crippen molar-refractivity contribution in [1.29, 1.82) is 5.26 Å². The summed E-state index contributed by atoms with van der Waals surface area (Å²) >= 11 is 0. The third kappa shape index (κ3) is 3.57. The van der Waals surface area contributed by atoms with E-state index in [9.17, 15) is 0 Å². The Balaban J connectivity index is 1.95. The number of benzene rings is 1. The second kappa shape index (κ2) is 6.37. The van der Waals surface area contributed by atoms with Gasteiger partial charge in [0.25, 0.3) is 0 Å². The van der Waals surface area contributed by atoms with E-state index >= 15 is 0 Å². The summed E-state index contributed by atoms with van der Waals surface area (Å²) in [4.78, 5) is 2.16. The van der Waals surface area contributed by atoms with E-state index in [2.05, 4.69) is 47.2 Å². The summed E-state index contributed by atoms with van der Waals surface area (Å²) in [6.07, 6.45) is 2.08. The highest BCUT2D eigenvalue weighted by Crippen LogP contribution is 2.17. The molecule has 0 aliphatic rings. The third-order valence-electron chi connectivity index (χ3n) is 3.17. The van der Waals surface area contributed by atoms with Crippen LogP contribution in [0.3, 0.4) is 0 Å². The maximum absolute atomic E-state index is 8.95. The molecule has 0 atom stereocenters. The number of hydrogen-bond donors (Lipinski definition) is 1. The molecule has 2 aromatic rings. The first kappa shape index (κ1) is 13.6. The molecule has 1 heterocycles. The van der Waals surface area contributed by atoms with E-state index in [0.717, 1.165) is 31.7 Å². The summed E-state index contributed by atoms with van der Waals surface area (Å²) in [5.74, 6) is 0. The number of nitriles is 1. The quantitative estimate of drug-likeness (QED) is 0.800. The van der Waals surface area contributed by atoms with Crippen molar-refractivity contribution >= 4 is 10.9 Å². The zero-order valence-electron chi connectivity index (χ0n) is 11.6. The molecule has 0 aliphatic carbocycles. The Morgan fingerprint density at radius 3 is 2.84 bits per heavy atom. The predicted octanol–water partition coefficient (Wildman–Crippen LogP) is 1.66. The lowest BCUT2D eigenvalue weighted by molar-refractivity contribution is 0.398. The maximum Gasteiger partial charge on any atom is 0.0992 e. The van der Waals surface area contributed by atoms with Crippen molar-refractivity contribution in [2.24, 2.45) is 0 Å². The highest BCUT2D eigenvalue weighted by atomic mass is 15.1. The van der Waals surface area contributed by atoms with Crippen molar-refractivity contribution in [3.05, 3.63) is 36.0 Å². The molecular formula is C15H20N4. The average Bonchev–Trinajstić information content (AvgIpc) is 2.80. The minimum atomic E-state index is 0.716. The van der Waals surface area contributed by atoms with E-state index in [4.69, 9.17) is 5.26 Å². The zero-order valence-corrected chi connectivity index (χ0v) is 11.6. The number of hydrogen-bond acceptors (Lipinski definition) is 3. The van der Waals surface area contributed by atoms with Crippen LogP contribution < -0.4 is 5.32 Å². The zero-order chi connectivity index (χ0) is 13.7. The molecule has 0 radical (unpaired) electrons. The number of nitrogens with one attached hydrogen (secondary N) is 1.